The minimum Gasteiger partial charge on any atom is -0.384 e. The van der Waals surface area contributed by atoms with Crippen LogP contribution in [0.2, 0.25) is 0 Å². The average molecular weight is 433 g/mol. The SMILES string of the molecule is CNc1c(-c2cc(NC(=O)c3sccc3NCc3ccncc3)ccc2C)c(=O)c1=O. The summed E-state index contributed by atoms with van der Waals surface area (Å²) in [6.07, 6.45) is 3.45. The summed E-state index contributed by atoms with van der Waals surface area (Å²) in [6.45, 7) is 2.43. The van der Waals surface area contributed by atoms with Crippen molar-refractivity contribution in [2.24, 2.45) is 0 Å². The molecule has 1 amide bonds. The maximum atomic E-state index is 12.9. The molecule has 2 aromatic heterocycles. The summed E-state index contributed by atoms with van der Waals surface area (Å²) in [5.41, 5.74) is 3.46. The quantitative estimate of drug-likeness (QED) is 0.386. The number of carbonyl (C=O) groups excluding carboxylic acids is 1. The third kappa shape index (κ3) is 3.97. The number of hydrogen-bond donors (Lipinski definition) is 3. The van der Waals surface area contributed by atoms with E-state index in [1.165, 1.54) is 11.3 Å². The Balaban J connectivity index is 1.54. The molecule has 0 spiro atoms. The Morgan fingerprint density at radius 2 is 1.84 bits per heavy atom. The minimum atomic E-state index is -0.519. The molecular weight excluding hydrogens is 412 g/mol. The lowest BCUT2D eigenvalue weighted by molar-refractivity contribution is 0.103. The number of thiophene rings is 1. The number of benzene rings is 1. The van der Waals surface area contributed by atoms with Crippen LogP contribution in [0.4, 0.5) is 17.1 Å². The maximum absolute atomic E-state index is 12.9. The van der Waals surface area contributed by atoms with Gasteiger partial charge in [-0.1, -0.05) is 6.07 Å². The molecule has 0 radical (unpaired) electrons. The van der Waals surface area contributed by atoms with Crippen molar-refractivity contribution in [3.63, 3.8) is 0 Å². The highest BCUT2D eigenvalue weighted by Gasteiger charge is 2.23. The van der Waals surface area contributed by atoms with Gasteiger partial charge in [0.25, 0.3) is 5.91 Å². The Morgan fingerprint density at radius 1 is 1.06 bits per heavy atom. The monoisotopic (exact) mass is 432 g/mol. The first-order valence-corrected chi connectivity index (χ1v) is 10.5. The first-order chi connectivity index (χ1) is 15.0. The van der Waals surface area contributed by atoms with E-state index in [4.69, 9.17) is 0 Å². The lowest BCUT2D eigenvalue weighted by Gasteiger charge is -2.15. The largest absolute Gasteiger partial charge is 0.384 e. The molecular formula is C23H20N4O3S. The van der Waals surface area contributed by atoms with E-state index in [1.807, 2.05) is 36.6 Å². The van der Waals surface area contributed by atoms with Crippen LogP contribution in [0.5, 0.6) is 0 Å². The summed E-state index contributed by atoms with van der Waals surface area (Å²) in [4.78, 5) is 41.3. The van der Waals surface area contributed by atoms with E-state index in [9.17, 15) is 14.4 Å². The molecule has 0 atom stereocenters. The normalized spacial score (nSPS) is 10.8. The molecule has 7 nitrogen and oxygen atoms in total. The van der Waals surface area contributed by atoms with Gasteiger partial charge in [0.2, 0.25) is 10.9 Å². The summed E-state index contributed by atoms with van der Waals surface area (Å²) in [5, 5.41) is 10.8. The molecule has 0 aliphatic rings. The molecule has 2 heterocycles. The van der Waals surface area contributed by atoms with Gasteiger partial charge in [-0.15, -0.1) is 11.3 Å². The van der Waals surface area contributed by atoms with Gasteiger partial charge in [0.05, 0.1) is 16.9 Å². The minimum absolute atomic E-state index is 0.249. The van der Waals surface area contributed by atoms with Gasteiger partial charge < -0.3 is 16.0 Å². The van der Waals surface area contributed by atoms with Gasteiger partial charge in [0.1, 0.15) is 4.88 Å². The van der Waals surface area contributed by atoms with Crippen LogP contribution in [0.1, 0.15) is 20.8 Å². The number of nitrogens with one attached hydrogen (secondary N) is 3. The number of anilines is 3. The Morgan fingerprint density at radius 3 is 2.58 bits per heavy atom. The van der Waals surface area contributed by atoms with E-state index >= 15 is 0 Å². The van der Waals surface area contributed by atoms with Crippen molar-refractivity contribution in [2.75, 3.05) is 23.0 Å². The molecule has 2 aromatic carbocycles. The molecule has 4 aromatic rings. The fraction of sp³-hybridized carbons (Fsp3) is 0.130. The molecule has 3 N–H and O–H groups in total. The second kappa shape index (κ2) is 8.53. The van der Waals surface area contributed by atoms with E-state index in [0.29, 0.717) is 33.9 Å². The Hall–Kier alpha value is -3.78. The second-order valence-electron chi connectivity index (χ2n) is 7.01. The van der Waals surface area contributed by atoms with Crippen LogP contribution < -0.4 is 26.8 Å². The smallest absolute Gasteiger partial charge is 0.267 e. The van der Waals surface area contributed by atoms with Crippen molar-refractivity contribution in [1.82, 2.24) is 4.98 Å². The highest BCUT2D eigenvalue weighted by molar-refractivity contribution is 7.12. The summed E-state index contributed by atoms with van der Waals surface area (Å²) in [7, 11) is 1.61. The van der Waals surface area contributed by atoms with Crippen molar-refractivity contribution in [3.05, 3.63) is 90.6 Å². The lowest BCUT2D eigenvalue weighted by Crippen LogP contribution is -2.35. The summed E-state index contributed by atoms with van der Waals surface area (Å²) >= 11 is 1.34. The highest BCUT2D eigenvalue weighted by Crippen LogP contribution is 2.30. The first-order valence-electron chi connectivity index (χ1n) is 9.63. The lowest BCUT2D eigenvalue weighted by atomic mass is 9.94. The summed E-state index contributed by atoms with van der Waals surface area (Å²) < 4.78 is 0. The number of amides is 1. The zero-order valence-electron chi connectivity index (χ0n) is 17.0. The summed E-state index contributed by atoms with van der Waals surface area (Å²) in [5.74, 6) is -0.249. The van der Waals surface area contributed by atoms with Crippen molar-refractivity contribution in [1.29, 1.82) is 0 Å². The van der Waals surface area contributed by atoms with Crippen molar-refractivity contribution >= 4 is 34.3 Å². The van der Waals surface area contributed by atoms with Crippen LogP contribution in [-0.4, -0.2) is 17.9 Å². The van der Waals surface area contributed by atoms with Crippen LogP contribution in [0.3, 0.4) is 0 Å². The molecule has 0 saturated carbocycles. The number of nitrogens with zero attached hydrogens (tertiary/aromatic N) is 1. The number of aryl methyl sites for hydroxylation is 1. The standard InChI is InChI=1S/C23H20N4O3S/c1-13-3-4-15(11-16(13)18-19(24-2)21(29)20(18)28)27-23(30)22-17(7-10-31-22)26-12-14-5-8-25-9-6-14/h3-11,24,26H,12H2,1-2H3,(H,27,30). The van der Waals surface area contributed by atoms with Crippen LogP contribution in [-0.2, 0) is 6.54 Å². The number of aromatic nitrogens is 1. The van der Waals surface area contributed by atoms with E-state index in [0.717, 1.165) is 16.8 Å². The zero-order valence-corrected chi connectivity index (χ0v) is 17.8. The Kier molecular flexibility index (Phi) is 5.64. The van der Waals surface area contributed by atoms with Crippen LogP contribution in [0.25, 0.3) is 11.1 Å². The van der Waals surface area contributed by atoms with Gasteiger partial charge >= 0.3 is 0 Å². The van der Waals surface area contributed by atoms with Crippen molar-refractivity contribution < 1.29 is 4.79 Å². The van der Waals surface area contributed by atoms with E-state index < -0.39 is 10.9 Å². The number of hydrogen-bond acceptors (Lipinski definition) is 7. The average Bonchev–Trinajstić information content (AvgIpc) is 3.26. The first kappa shape index (κ1) is 20.5. The summed E-state index contributed by atoms with van der Waals surface area (Å²) in [6, 6.07) is 11.0. The van der Waals surface area contributed by atoms with Gasteiger partial charge in [-0.3, -0.25) is 19.4 Å². The molecule has 156 valence electrons. The predicted molar refractivity (Wildman–Crippen MR) is 125 cm³/mol. The van der Waals surface area contributed by atoms with E-state index in [-0.39, 0.29) is 5.91 Å². The number of pyridine rings is 1. The van der Waals surface area contributed by atoms with E-state index in [1.54, 1.807) is 31.6 Å². The topological polar surface area (TPSA) is 100 Å². The predicted octanol–water partition coefficient (Wildman–Crippen LogP) is 3.62. The fourth-order valence-electron chi connectivity index (χ4n) is 3.37. The molecule has 0 aliphatic heterocycles. The van der Waals surface area contributed by atoms with Gasteiger partial charge in [0.15, 0.2) is 0 Å². The molecule has 0 saturated heterocycles. The second-order valence-corrected chi connectivity index (χ2v) is 7.93. The van der Waals surface area contributed by atoms with Crippen molar-refractivity contribution in [3.8, 4) is 11.1 Å². The third-order valence-corrected chi connectivity index (χ3v) is 5.94. The molecule has 4 rings (SSSR count). The number of rotatable bonds is 7. The van der Waals surface area contributed by atoms with Gasteiger partial charge in [-0.25, -0.2) is 0 Å². The van der Waals surface area contributed by atoms with Crippen molar-refractivity contribution in [2.45, 2.75) is 13.5 Å². The van der Waals surface area contributed by atoms with E-state index in [2.05, 4.69) is 20.9 Å². The third-order valence-electron chi connectivity index (χ3n) is 5.03. The van der Waals surface area contributed by atoms with Crippen LogP contribution >= 0.6 is 11.3 Å². The molecule has 0 unspecified atom stereocenters. The Bertz CT molecular complexity index is 1320. The molecule has 31 heavy (non-hydrogen) atoms. The molecule has 0 aliphatic carbocycles. The maximum Gasteiger partial charge on any atom is 0.267 e. The van der Waals surface area contributed by atoms with Gasteiger partial charge in [0, 0.05) is 31.7 Å². The molecule has 8 heteroatoms. The van der Waals surface area contributed by atoms with Crippen LogP contribution in [0.15, 0.2) is 63.8 Å². The zero-order chi connectivity index (χ0) is 22.0. The van der Waals surface area contributed by atoms with Crippen LogP contribution in [0, 0.1) is 6.92 Å². The van der Waals surface area contributed by atoms with Gasteiger partial charge in [-0.2, -0.15) is 0 Å². The molecule has 0 bridgehead atoms. The number of carbonyl (C=O) groups is 1. The highest BCUT2D eigenvalue weighted by atomic mass is 32.1. The Labute approximate surface area is 182 Å². The van der Waals surface area contributed by atoms with Gasteiger partial charge in [-0.05, 0) is 59.3 Å². The molecule has 0 fully saturated rings. The fourth-order valence-corrected chi connectivity index (χ4v) is 4.13.